The van der Waals surface area contributed by atoms with Crippen LogP contribution in [0.1, 0.15) is 38.3 Å². The summed E-state index contributed by atoms with van der Waals surface area (Å²) in [7, 11) is 0. The molecule has 0 radical (unpaired) electrons. The summed E-state index contributed by atoms with van der Waals surface area (Å²) >= 11 is 0. The number of carbonyl (C=O) groups is 3. The molecule has 3 N–H and O–H groups in total. The molecule has 6 heteroatoms. The fourth-order valence-corrected chi connectivity index (χ4v) is 5.11. The molecule has 0 saturated heterocycles. The van der Waals surface area contributed by atoms with Gasteiger partial charge in [-0.1, -0.05) is 127 Å². The third-order valence-electron chi connectivity index (χ3n) is 7.46. The Bertz CT molecular complexity index is 1690. The smallest absolute Gasteiger partial charge is 0.334 e. The van der Waals surface area contributed by atoms with E-state index in [0.29, 0.717) is 27.9 Å². The first-order valence-electron chi connectivity index (χ1n) is 14.1. The molecule has 5 rings (SSSR count). The van der Waals surface area contributed by atoms with Crippen molar-refractivity contribution in [3.05, 3.63) is 162 Å². The summed E-state index contributed by atoms with van der Waals surface area (Å²) in [6.07, 6.45) is 0.100. The van der Waals surface area contributed by atoms with E-state index in [1.807, 2.05) is 54.6 Å². The summed E-state index contributed by atoms with van der Waals surface area (Å²) in [6, 6.07) is 42.1. The maximum Gasteiger partial charge on any atom is 0.334 e. The number of benzene rings is 5. The topological polar surface area (TPSA) is 95.5 Å². The van der Waals surface area contributed by atoms with Gasteiger partial charge >= 0.3 is 5.97 Å². The number of carboxylic acids is 1. The van der Waals surface area contributed by atoms with Crippen LogP contribution in [0.2, 0.25) is 0 Å². The molecular formula is C37H32N2O4. The van der Waals surface area contributed by atoms with E-state index in [1.54, 1.807) is 84.9 Å². The summed E-state index contributed by atoms with van der Waals surface area (Å²) in [5.41, 5.74) is 2.76. The second-order valence-corrected chi connectivity index (χ2v) is 10.2. The first kappa shape index (κ1) is 29.2. The molecule has 0 spiro atoms. The van der Waals surface area contributed by atoms with E-state index in [2.05, 4.69) is 10.6 Å². The predicted molar refractivity (Wildman–Crippen MR) is 169 cm³/mol. The number of hydrogen-bond donors (Lipinski definition) is 3. The second-order valence-electron chi connectivity index (χ2n) is 10.2. The fraction of sp³-hybridized carbons (Fsp3) is 0.108. The third kappa shape index (κ3) is 6.77. The number of hydrogen-bond acceptors (Lipinski definition) is 5. The van der Waals surface area contributed by atoms with Gasteiger partial charge in [0.2, 0.25) is 0 Å². The van der Waals surface area contributed by atoms with Crippen LogP contribution in [0.3, 0.4) is 0 Å². The zero-order valence-electron chi connectivity index (χ0n) is 23.6. The quantitative estimate of drug-likeness (QED) is 0.106. The van der Waals surface area contributed by atoms with Crippen molar-refractivity contribution in [1.29, 1.82) is 0 Å². The maximum absolute atomic E-state index is 13.5. The normalized spacial score (nSPS) is 12.2. The van der Waals surface area contributed by atoms with Gasteiger partial charge in [-0.15, -0.1) is 0 Å². The highest BCUT2D eigenvalue weighted by Gasteiger charge is 2.41. The van der Waals surface area contributed by atoms with E-state index in [1.165, 1.54) is 0 Å². The van der Waals surface area contributed by atoms with Crippen molar-refractivity contribution in [2.75, 3.05) is 18.4 Å². The summed E-state index contributed by atoms with van der Waals surface area (Å²) in [4.78, 5) is 39.4. The van der Waals surface area contributed by atoms with Crippen LogP contribution >= 0.6 is 0 Å². The van der Waals surface area contributed by atoms with Crippen LogP contribution in [-0.2, 0) is 10.3 Å². The Kier molecular flexibility index (Phi) is 9.20. The Morgan fingerprint density at radius 3 is 1.77 bits per heavy atom. The first-order chi connectivity index (χ1) is 21.0. The Morgan fingerprint density at radius 2 is 1.14 bits per heavy atom. The zero-order chi connectivity index (χ0) is 30.1. The Morgan fingerprint density at radius 1 is 0.605 bits per heavy atom. The van der Waals surface area contributed by atoms with E-state index in [4.69, 9.17) is 0 Å². The number of ketones is 2. The minimum absolute atomic E-state index is 0.0652. The minimum Gasteiger partial charge on any atom is -0.479 e. The monoisotopic (exact) mass is 568 g/mol. The number of rotatable bonds is 13. The fourth-order valence-electron chi connectivity index (χ4n) is 5.11. The molecule has 0 aliphatic carbocycles. The van der Waals surface area contributed by atoms with E-state index in [-0.39, 0.29) is 31.1 Å². The molecule has 5 aromatic rings. The van der Waals surface area contributed by atoms with Gasteiger partial charge in [0, 0.05) is 22.4 Å². The van der Waals surface area contributed by atoms with Gasteiger partial charge in [0.25, 0.3) is 0 Å². The molecule has 0 heterocycles. The standard InChI is InChI=1S/C37H32N2O4/c40-34(29-14-6-2-7-15-29)26-38-25-24-37(36(42)43,31-22-20-28(21-23-31)27-12-4-1-5-13-27)39-33-19-11-10-18-32(33)35(41)30-16-8-3-9-17-30/h1-23,38-39H,24-26H2,(H,42,43). The summed E-state index contributed by atoms with van der Waals surface area (Å²) in [5.74, 6) is -1.40. The molecule has 6 nitrogen and oxygen atoms in total. The lowest BCUT2D eigenvalue weighted by atomic mass is 9.84. The Balaban J connectivity index is 1.47. The summed E-state index contributed by atoms with van der Waals surface area (Å²) in [6.45, 7) is 0.294. The molecule has 1 unspecified atom stereocenters. The van der Waals surface area contributed by atoms with E-state index < -0.39 is 11.5 Å². The number of anilines is 1. The molecule has 214 valence electrons. The SMILES string of the molecule is O=C(CNCCC(Nc1ccccc1C(=O)c1ccccc1)(C(=O)O)c1ccc(-c2ccccc2)cc1)c1ccccc1. The highest BCUT2D eigenvalue weighted by Crippen LogP contribution is 2.34. The molecule has 0 aliphatic rings. The summed E-state index contributed by atoms with van der Waals surface area (Å²) in [5, 5.41) is 17.2. The lowest BCUT2D eigenvalue weighted by Crippen LogP contribution is -2.46. The molecule has 0 saturated carbocycles. The highest BCUT2D eigenvalue weighted by molar-refractivity contribution is 6.12. The Labute approximate surface area is 251 Å². The molecule has 0 aliphatic heterocycles. The molecule has 0 aromatic heterocycles. The van der Waals surface area contributed by atoms with Crippen LogP contribution in [0, 0.1) is 0 Å². The lowest BCUT2D eigenvalue weighted by Gasteiger charge is -2.33. The Hall–Kier alpha value is -5.33. The van der Waals surface area contributed by atoms with Crippen LogP contribution in [0.4, 0.5) is 5.69 Å². The average Bonchev–Trinajstić information content (AvgIpc) is 3.07. The van der Waals surface area contributed by atoms with E-state index in [0.717, 1.165) is 11.1 Å². The second kappa shape index (κ2) is 13.6. The number of carbonyl (C=O) groups excluding carboxylic acids is 2. The van der Waals surface area contributed by atoms with Gasteiger partial charge in [-0.3, -0.25) is 9.59 Å². The minimum atomic E-state index is -1.61. The van der Waals surface area contributed by atoms with Gasteiger partial charge in [-0.05, 0) is 41.8 Å². The number of para-hydroxylation sites is 1. The third-order valence-corrected chi connectivity index (χ3v) is 7.46. The molecule has 0 amide bonds. The van der Waals surface area contributed by atoms with Gasteiger partial charge in [-0.25, -0.2) is 4.79 Å². The van der Waals surface area contributed by atoms with Gasteiger partial charge in [0.15, 0.2) is 17.1 Å². The number of Topliss-reactive ketones (excluding diaryl/α,β-unsaturated/α-hetero) is 1. The van der Waals surface area contributed by atoms with Crippen LogP contribution in [0.5, 0.6) is 0 Å². The highest BCUT2D eigenvalue weighted by atomic mass is 16.4. The lowest BCUT2D eigenvalue weighted by molar-refractivity contribution is -0.143. The van der Waals surface area contributed by atoms with Crippen molar-refractivity contribution < 1.29 is 19.5 Å². The molecule has 1 atom stereocenters. The largest absolute Gasteiger partial charge is 0.479 e. The van der Waals surface area contributed by atoms with Crippen LogP contribution in [0.15, 0.2) is 140 Å². The van der Waals surface area contributed by atoms with Crippen LogP contribution in [-0.4, -0.2) is 35.7 Å². The van der Waals surface area contributed by atoms with Crippen molar-refractivity contribution in [2.24, 2.45) is 0 Å². The van der Waals surface area contributed by atoms with Crippen LogP contribution < -0.4 is 10.6 Å². The molecule has 0 bridgehead atoms. The zero-order valence-corrected chi connectivity index (χ0v) is 23.6. The molecule has 5 aromatic carbocycles. The average molecular weight is 569 g/mol. The summed E-state index contributed by atoms with van der Waals surface area (Å²) < 4.78 is 0. The predicted octanol–water partition coefficient (Wildman–Crippen LogP) is 6.84. The molecule has 43 heavy (non-hydrogen) atoms. The van der Waals surface area contributed by atoms with Crippen molar-refractivity contribution in [3.8, 4) is 11.1 Å². The van der Waals surface area contributed by atoms with Gasteiger partial charge in [0.1, 0.15) is 0 Å². The first-order valence-corrected chi connectivity index (χ1v) is 14.1. The van der Waals surface area contributed by atoms with Crippen molar-refractivity contribution in [3.63, 3.8) is 0 Å². The van der Waals surface area contributed by atoms with Crippen molar-refractivity contribution >= 4 is 23.2 Å². The number of aliphatic carboxylic acids is 1. The molecular weight excluding hydrogens is 536 g/mol. The van der Waals surface area contributed by atoms with Gasteiger partial charge in [-0.2, -0.15) is 0 Å². The van der Waals surface area contributed by atoms with Gasteiger partial charge in [0.05, 0.1) is 6.54 Å². The van der Waals surface area contributed by atoms with Crippen molar-refractivity contribution in [1.82, 2.24) is 5.32 Å². The van der Waals surface area contributed by atoms with Crippen LogP contribution in [0.25, 0.3) is 11.1 Å². The maximum atomic E-state index is 13.5. The van der Waals surface area contributed by atoms with E-state index >= 15 is 0 Å². The number of carboxylic acid groups (broad SMARTS) is 1. The number of nitrogens with one attached hydrogen (secondary N) is 2. The van der Waals surface area contributed by atoms with Gasteiger partial charge < -0.3 is 15.7 Å². The van der Waals surface area contributed by atoms with E-state index in [9.17, 15) is 19.5 Å². The van der Waals surface area contributed by atoms with Crippen molar-refractivity contribution in [2.45, 2.75) is 12.0 Å². The molecule has 0 fully saturated rings.